The van der Waals surface area contributed by atoms with Crippen LogP contribution in [-0.4, -0.2) is 23.8 Å². The van der Waals surface area contributed by atoms with Gasteiger partial charge < -0.3 is 9.84 Å². The number of phenols is 1. The van der Waals surface area contributed by atoms with Gasteiger partial charge in [-0.05, 0) is 64.9 Å². The summed E-state index contributed by atoms with van der Waals surface area (Å²) < 4.78 is 6.13. The molecule has 22 heavy (non-hydrogen) atoms. The zero-order chi connectivity index (χ0) is 15.9. The average molecular weight is 410 g/mol. The van der Waals surface area contributed by atoms with E-state index in [1.807, 2.05) is 53.8 Å². The molecule has 0 aliphatic heterocycles. The monoisotopic (exact) mass is 410 g/mol. The summed E-state index contributed by atoms with van der Waals surface area (Å²) in [6, 6.07) is 12.5. The molecule has 0 heterocycles. The van der Waals surface area contributed by atoms with Crippen LogP contribution in [0.1, 0.15) is 11.1 Å². The largest absolute Gasteiger partial charge is 0.507 e. The number of ether oxygens (including phenoxy) is 1. The van der Waals surface area contributed by atoms with E-state index in [-0.39, 0.29) is 18.3 Å². The van der Waals surface area contributed by atoms with Crippen molar-refractivity contribution in [2.75, 3.05) is 6.61 Å². The number of hydrogen-bond acceptors (Lipinski definition) is 4. The van der Waals surface area contributed by atoms with Crippen LogP contribution in [0.4, 0.5) is 0 Å². The number of hydrazone groups is 1. The van der Waals surface area contributed by atoms with Crippen LogP contribution in [-0.2, 0) is 4.79 Å². The highest BCUT2D eigenvalue weighted by Gasteiger charge is 2.03. The molecule has 114 valence electrons. The Labute approximate surface area is 142 Å². The van der Waals surface area contributed by atoms with Gasteiger partial charge in [0.25, 0.3) is 5.91 Å². The SMILES string of the molecule is Cc1ccccc1OCC(=O)N/N=C\c1ccc(O)c(I)c1. The minimum Gasteiger partial charge on any atom is -0.507 e. The quantitative estimate of drug-likeness (QED) is 0.453. The van der Waals surface area contributed by atoms with Crippen molar-refractivity contribution < 1.29 is 14.6 Å². The van der Waals surface area contributed by atoms with Crippen LogP contribution in [0.2, 0.25) is 0 Å². The van der Waals surface area contributed by atoms with E-state index in [0.717, 1.165) is 14.7 Å². The summed E-state index contributed by atoms with van der Waals surface area (Å²) in [5, 5.41) is 13.3. The topological polar surface area (TPSA) is 70.9 Å². The first-order chi connectivity index (χ1) is 10.6. The Morgan fingerprint density at radius 1 is 1.36 bits per heavy atom. The van der Waals surface area contributed by atoms with Crippen molar-refractivity contribution in [3.8, 4) is 11.5 Å². The molecule has 0 saturated carbocycles. The van der Waals surface area contributed by atoms with E-state index in [2.05, 4.69) is 10.5 Å². The van der Waals surface area contributed by atoms with E-state index < -0.39 is 0 Å². The third-order valence-corrected chi connectivity index (χ3v) is 3.69. The molecule has 0 unspecified atom stereocenters. The number of carbonyl (C=O) groups excluding carboxylic acids is 1. The Hall–Kier alpha value is -2.09. The highest BCUT2D eigenvalue weighted by molar-refractivity contribution is 14.1. The van der Waals surface area contributed by atoms with Gasteiger partial charge in [0, 0.05) is 0 Å². The molecule has 6 heteroatoms. The summed E-state index contributed by atoms with van der Waals surface area (Å²) >= 11 is 2.02. The molecule has 0 aliphatic carbocycles. The summed E-state index contributed by atoms with van der Waals surface area (Å²) in [6.45, 7) is 1.81. The third kappa shape index (κ3) is 4.73. The second kappa shape index (κ2) is 7.79. The molecule has 0 bridgehead atoms. The lowest BCUT2D eigenvalue weighted by Crippen LogP contribution is -2.24. The fourth-order valence-electron chi connectivity index (χ4n) is 1.68. The van der Waals surface area contributed by atoms with Crippen LogP contribution in [0.15, 0.2) is 47.6 Å². The van der Waals surface area contributed by atoms with Crippen molar-refractivity contribution in [3.05, 3.63) is 57.2 Å². The maximum Gasteiger partial charge on any atom is 0.277 e. The maximum absolute atomic E-state index is 11.6. The molecule has 0 saturated heterocycles. The summed E-state index contributed by atoms with van der Waals surface area (Å²) in [5.74, 6) is 0.552. The predicted octanol–water partition coefficient (Wildman–Crippen LogP) is 2.83. The van der Waals surface area contributed by atoms with Crippen molar-refractivity contribution in [3.63, 3.8) is 0 Å². The molecule has 2 N–H and O–H groups in total. The predicted molar refractivity (Wildman–Crippen MR) is 93.2 cm³/mol. The second-order valence-electron chi connectivity index (χ2n) is 4.56. The Morgan fingerprint density at radius 3 is 2.86 bits per heavy atom. The van der Waals surface area contributed by atoms with Gasteiger partial charge in [-0.25, -0.2) is 5.43 Å². The first-order valence-corrected chi connectivity index (χ1v) is 7.63. The first kappa shape index (κ1) is 16.3. The van der Waals surface area contributed by atoms with Crippen molar-refractivity contribution in [1.29, 1.82) is 0 Å². The first-order valence-electron chi connectivity index (χ1n) is 6.55. The molecule has 5 nitrogen and oxygen atoms in total. The number of aromatic hydroxyl groups is 1. The van der Waals surface area contributed by atoms with Crippen molar-refractivity contribution >= 4 is 34.7 Å². The van der Waals surface area contributed by atoms with Crippen molar-refractivity contribution in [2.45, 2.75) is 6.92 Å². The van der Waals surface area contributed by atoms with Gasteiger partial charge in [-0.1, -0.05) is 18.2 Å². The Kier molecular flexibility index (Phi) is 5.76. The van der Waals surface area contributed by atoms with Crippen LogP contribution in [0, 0.1) is 10.5 Å². The molecule has 2 aromatic rings. The molecular weight excluding hydrogens is 395 g/mol. The van der Waals surface area contributed by atoms with E-state index in [0.29, 0.717) is 5.75 Å². The number of rotatable bonds is 5. The molecule has 0 aromatic heterocycles. The molecule has 0 aliphatic rings. The average Bonchev–Trinajstić information content (AvgIpc) is 2.50. The zero-order valence-corrected chi connectivity index (χ0v) is 14.1. The normalized spacial score (nSPS) is 10.6. The lowest BCUT2D eigenvalue weighted by molar-refractivity contribution is -0.123. The Balaban J connectivity index is 1.83. The molecule has 2 rings (SSSR count). The molecule has 0 radical (unpaired) electrons. The third-order valence-electron chi connectivity index (χ3n) is 2.83. The number of aryl methyl sites for hydroxylation is 1. The number of carbonyl (C=O) groups is 1. The number of phenolic OH excluding ortho intramolecular Hbond substituents is 1. The fourth-order valence-corrected chi connectivity index (χ4v) is 2.22. The van der Waals surface area contributed by atoms with Gasteiger partial charge in [0.05, 0.1) is 9.78 Å². The summed E-state index contributed by atoms with van der Waals surface area (Å²) in [5.41, 5.74) is 4.15. The van der Waals surface area contributed by atoms with E-state index >= 15 is 0 Å². The van der Waals surface area contributed by atoms with Crippen LogP contribution in [0.3, 0.4) is 0 Å². The maximum atomic E-state index is 11.6. The Bertz CT molecular complexity index is 702. The van der Waals surface area contributed by atoms with Gasteiger partial charge in [-0.2, -0.15) is 5.10 Å². The van der Waals surface area contributed by atoms with E-state index in [1.54, 1.807) is 18.2 Å². The molecule has 1 amide bonds. The Morgan fingerprint density at radius 2 is 2.14 bits per heavy atom. The van der Waals surface area contributed by atoms with Gasteiger partial charge in [-0.15, -0.1) is 0 Å². The number of nitrogens with one attached hydrogen (secondary N) is 1. The number of nitrogens with zero attached hydrogens (tertiary/aromatic N) is 1. The van der Waals surface area contributed by atoms with E-state index in [9.17, 15) is 9.90 Å². The van der Waals surface area contributed by atoms with Crippen molar-refractivity contribution in [2.24, 2.45) is 5.10 Å². The summed E-state index contributed by atoms with van der Waals surface area (Å²) in [4.78, 5) is 11.6. The van der Waals surface area contributed by atoms with Gasteiger partial charge in [0.15, 0.2) is 6.61 Å². The highest BCUT2D eigenvalue weighted by Crippen LogP contribution is 2.19. The molecule has 0 fully saturated rings. The van der Waals surface area contributed by atoms with Gasteiger partial charge in [0.1, 0.15) is 11.5 Å². The highest BCUT2D eigenvalue weighted by atomic mass is 127. The number of benzene rings is 2. The molecule has 0 spiro atoms. The van der Waals surface area contributed by atoms with E-state index in [1.165, 1.54) is 6.21 Å². The van der Waals surface area contributed by atoms with Crippen LogP contribution in [0.25, 0.3) is 0 Å². The minimum atomic E-state index is -0.340. The minimum absolute atomic E-state index is 0.102. The van der Waals surface area contributed by atoms with E-state index in [4.69, 9.17) is 4.74 Å². The van der Waals surface area contributed by atoms with Crippen LogP contribution < -0.4 is 10.2 Å². The van der Waals surface area contributed by atoms with Crippen LogP contribution >= 0.6 is 22.6 Å². The lowest BCUT2D eigenvalue weighted by Gasteiger charge is -2.07. The standard InChI is InChI=1S/C16H15IN2O3/c1-11-4-2-3-5-15(11)22-10-16(21)19-18-9-12-6-7-14(20)13(17)8-12/h2-9,20H,10H2,1H3,(H,19,21)/b18-9-. The van der Waals surface area contributed by atoms with Gasteiger partial charge in [-0.3, -0.25) is 4.79 Å². The lowest BCUT2D eigenvalue weighted by atomic mass is 10.2. The van der Waals surface area contributed by atoms with Gasteiger partial charge >= 0.3 is 0 Å². The smallest absolute Gasteiger partial charge is 0.277 e. The zero-order valence-electron chi connectivity index (χ0n) is 11.9. The fraction of sp³-hybridized carbons (Fsp3) is 0.125. The summed E-state index contributed by atoms with van der Waals surface area (Å²) in [6.07, 6.45) is 1.51. The van der Waals surface area contributed by atoms with Crippen LogP contribution in [0.5, 0.6) is 11.5 Å². The summed E-state index contributed by atoms with van der Waals surface area (Å²) in [7, 11) is 0. The number of hydrogen-bond donors (Lipinski definition) is 2. The van der Waals surface area contributed by atoms with Crippen molar-refractivity contribution in [1.82, 2.24) is 5.43 Å². The second-order valence-corrected chi connectivity index (χ2v) is 5.72. The van der Waals surface area contributed by atoms with Gasteiger partial charge in [0.2, 0.25) is 0 Å². The molecule has 2 aromatic carbocycles. The molecule has 0 atom stereocenters. The molecular formula is C16H15IN2O3. The number of amides is 1. The number of halogens is 1. The number of para-hydroxylation sites is 1.